The van der Waals surface area contributed by atoms with E-state index in [4.69, 9.17) is 4.74 Å². The van der Waals surface area contributed by atoms with Crippen molar-refractivity contribution in [2.24, 2.45) is 4.36 Å². The summed E-state index contributed by atoms with van der Waals surface area (Å²) >= 11 is 0. The van der Waals surface area contributed by atoms with Gasteiger partial charge in [0.2, 0.25) is 0 Å². The molecule has 1 aromatic heterocycles. The van der Waals surface area contributed by atoms with Gasteiger partial charge >= 0.3 is 6.18 Å². The van der Waals surface area contributed by atoms with Crippen LogP contribution in [0.25, 0.3) is 0 Å². The van der Waals surface area contributed by atoms with E-state index in [0.29, 0.717) is 12.1 Å². The van der Waals surface area contributed by atoms with E-state index in [9.17, 15) is 31.0 Å². The van der Waals surface area contributed by atoms with Gasteiger partial charge in [-0.1, -0.05) is 6.07 Å². The van der Waals surface area contributed by atoms with Gasteiger partial charge in [-0.05, 0) is 36.4 Å². The van der Waals surface area contributed by atoms with Crippen molar-refractivity contribution in [3.8, 4) is 11.6 Å². The maximum absolute atomic E-state index is 13.5. The van der Waals surface area contributed by atoms with Crippen LogP contribution in [0.3, 0.4) is 0 Å². The van der Waals surface area contributed by atoms with E-state index in [0.717, 1.165) is 12.1 Å². The summed E-state index contributed by atoms with van der Waals surface area (Å²) in [7, 11) is -1.38. The van der Waals surface area contributed by atoms with E-state index in [1.165, 1.54) is 37.6 Å². The number of rotatable bonds is 5. The molecule has 1 atom stereocenters. The van der Waals surface area contributed by atoms with Crippen molar-refractivity contribution in [3.05, 3.63) is 71.4 Å². The molecule has 0 fully saturated rings. The molecule has 3 rings (SSSR count). The highest BCUT2D eigenvalue weighted by Gasteiger charge is 2.35. The predicted octanol–water partition coefficient (Wildman–Crippen LogP) is 4.90. The molecule has 0 radical (unpaired) electrons. The zero-order valence-electron chi connectivity index (χ0n) is 17.0. The van der Waals surface area contributed by atoms with Crippen LogP contribution in [0.5, 0.6) is 11.6 Å². The number of nitrogens with zero attached hydrogens (tertiary/aromatic N) is 3. The molecule has 2 aromatic carbocycles. The van der Waals surface area contributed by atoms with Crippen LogP contribution in [0, 0.1) is 11.6 Å². The summed E-state index contributed by atoms with van der Waals surface area (Å²) in [6.45, 7) is 0. The first-order valence-electron chi connectivity index (χ1n) is 9.00. The van der Waals surface area contributed by atoms with Gasteiger partial charge in [-0.3, -0.25) is 4.79 Å². The maximum Gasteiger partial charge on any atom is 0.435 e. The highest BCUT2D eigenvalue weighted by atomic mass is 32.2. The van der Waals surface area contributed by atoms with Gasteiger partial charge < -0.3 is 10.1 Å². The fourth-order valence-electron chi connectivity index (χ4n) is 2.52. The minimum absolute atomic E-state index is 0.111. The van der Waals surface area contributed by atoms with Crippen molar-refractivity contribution in [1.82, 2.24) is 10.2 Å². The summed E-state index contributed by atoms with van der Waals surface area (Å²) in [6, 6.07) is 8.52. The molecule has 0 aliphatic rings. The summed E-state index contributed by atoms with van der Waals surface area (Å²) in [4.78, 5) is 13.1. The summed E-state index contributed by atoms with van der Waals surface area (Å²) in [5.74, 6) is -4.52. The van der Waals surface area contributed by atoms with Gasteiger partial charge in [0.05, 0.1) is 9.73 Å². The number of alkyl halides is 3. The molecule has 1 heterocycles. The molecule has 1 N–H and O–H groups in total. The minimum atomic E-state index is -4.92. The van der Waals surface area contributed by atoms with Gasteiger partial charge in [0.15, 0.2) is 17.3 Å². The Balaban J connectivity index is 2.00. The first-order chi connectivity index (χ1) is 15.4. The zero-order valence-corrected chi connectivity index (χ0v) is 17.8. The summed E-state index contributed by atoms with van der Waals surface area (Å²) in [5.41, 5.74) is -2.04. The molecular formula is C20H15F5N4O3S. The number of carbonyl (C=O) groups excluding carboxylic acids is 1. The van der Waals surface area contributed by atoms with Crippen molar-refractivity contribution in [3.63, 3.8) is 0 Å². The molecule has 0 aliphatic carbocycles. The Hall–Kier alpha value is -3.61. The van der Waals surface area contributed by atoms with Gasteiger partial charge in [-0.2, -0.15) is 13.2 Å². The highest BCUT2D eigenvalue weighted by molar-refractivity contribution is 7.93. The molecule has 13 heteroatoms. The lowest BCUT2D eigenvalue weighted by Crippen LogP contribution is -2.18. The standard InChI is InChI=1S/C20H15F5N4O3S/c1-26-33(2,31)13-5-3-4-11(8-13)27-18(30)14-10-17(20(23,24)25)28-29-19(14)32-12-6-7-15(21)16(22)9-12/h3-10H,1-2H3,(H,27,30). The summed E-state index contributed by atoms with van der Waals surface area (Å²) in [6.07, 6.45) is -3.54. The topological polar surface area (TPSA) is 93.5 Å². The Morgan fingerprint density at radius 1 is 1.06 bits per heavy atom. The molecule has 1 amide bonds. The molecule has 7 nitrogen and oxygen atoms in total. The van der Waals surface area contributed by atoms with Crippen molar-refractivity contribution in [1.29, 1.82) is 0 Å². The molecule has 0 aliphatic heterocycles. The number of hydrogen-bond donors (Lipinski definition) is 1. The average molecular weight is 486 g/mol. The van der Waals surface area contributed by atoms with Crippen LogP contribution in [-0.4, -0.2) is 33.6 Å². The average Bonchev–Trinajstić information content (AvgIpc) is 2.76. The number of anilines is 1. The molecule has 1 unspecified atom stereocenters. The third kappa shape index (κ3) is 5.61. The van der Waals surface area contributed by atoms with Crippen LogP contribution in [0.4, 0.5) is 27.6 Å². The number of ether oxygens (including phenoxy) is 1. The van der Waals surface area contributed by atoms with Crippen LogP contribution in [0.15, 0.2) is 57.8 Å². The number of aromatic nitrogens is 2. The Labute approximate surface area is 184 Å². The lowest BCUT2D eigenvalue weighted by Gasteiger charge is -2.13. The molecule has 0 saturated heterocycles. The Bertz CT molecular complexity index is 1340. The van der Waals surface area contributed by atoms with E-state index in [-0.39, 0.29) is 16.3 Å². The normalized spacial score (nSPS) is 13.2. The number of benzene rings is 2. The van der Waals surface area contributed by atoms with E-state index in [1.807, 2.05) is 0 Å². The number of halogens is 5. The maximum atomic E-state index is 13.5. The second-order valence-corrected chi connectivity index (χ2v) is 9.03. The molecule has 3 aromatic rings. The number of carbonyl (C=O) groups is 1. The largest absolute Gasteiger partial charge is 0.437 e. The Kier molecular flexibility index (Phi) is 6.63. The van der Waals surface area contributed by atoms with Crippen LogP contribution in [0.1, 0.15) is 16.1 Å². The van der Waals surface area contributed by atoms with E-state index in [2.05, 4.69) is 19.9 Å². The fraction of sp³-hybridized carbons (Fsp3) is 0.150. The van der Waals surface area contributed by atoms with Crippen LogP contribution in [0.2, 0.25) is 0 Å². The third-order valence-corrected chi connectivity index (χ3v) is 6.10. The fourth-order valence-corrected chi connectivity index (χ4v) is 3.41. The predicted molar refractivity (Wildman–Crippen MR) is 109 cm³/mol. The number of hydrogen-bond acceptors (Lipinski definition) is 6. The molecule has 0 spiro atoms. The first kappa shape index (κ1) is 24.0. The molecule has 0 saturated carbocycles. The number of amides is 1. The second kappa shape index (κ2) is 9.10. The first-order valence-corrected chi connectivity index (χ1v) is 10.9. The van der Waals surface area contributed by atoms with E-state index in [1.54, 1.807) is 0 Å². The lowest BCUT2D eigenvalue weighted by molar-refractivity contribution is -0.141. The van der Waals surface area contributed by atoms with E-state index < -0.39 is 50.6 Å². The highest BCUT2D eigenvalue weighted by Crippen LogP contribution is 2.32. The van der Waals surface area contributed by atoms with Gasteiger partial charge in [0.25, 0.3) is 11.8 Å². The van der Waals surface area contributed by atoms with Gasteiger partial charge in [-0.15, -0.1) is 10.2 Å². The SMILES string of the molecule is CN=S(C)(=O)c1cccc(NC(=O)c2cc(C(F)(F)F)nnc2Oc2ccc(F)c(F)c2)c1. The smallest absolute Gasteiger partial charge is 0.435 e. The van der Waals surface area contributed by atoms with Crippen molar-refractivity contribution in [2.45, 2.75) is 11.1 Å². The lowest BCUT2D eigenvalue weighted by atomic mass is 10.2. The van der Waals surface area contributed by atoms with Crippen LogP contribution in [-0.2, 0) is 15.9 Å². The van der Waals surface area contributed by atoms with Crippen molar-refractivity contribution >= 4 is 21.3 Å². The molecular weight excluding hydrogens is 471 g/mol. The minimum Gasteiger partial charge on any atom is -0.437 e. The van der Waals surface area contributed by atoms with Crippen molar-refractivity contribution < 1.29 is 35.7 Å². The van der Waals surface area contributed by atoms with Crippen LogP contribution < -0.4 is 10.1 Å². The van der Waals surface area contributed by atoms with Gasteiger partial charge in [0, 0.05) is 30.0 Å². The van der Waals surface area contributed by atoms with Gasteiger partial charge in [-0.25, -0.2) is 17.4 Å². The summed E-state index contributed by atoms with van der Waals surface area (Å²) in [5, 5.41) is 8.66. The molecule has 0 bridgehead atoms. The molecule has 33 heavy (non-hydrogen) atoms. The van der Waals surface area contributed by atoms with Gasteiger partial charge in [0.1, 0.15) is 11.3 Å². The molecule has 174 valence electrons. The third-order valence-electron chi connectivity index (χ3n) is 4.28. The zero-order chi connectivity index (χ0) is 24.4. The Morgan fingerprint density at radius 2 is 1.79 bits per heavy atom. The van der Waals surface area contributed by atoms with Crippen LogP contribution >= 0.6 is 0 Å². The summed E-state index contributed by atoms with van der Waals surface area (Å²) < 4.78 is 87.4. The quantitative estimate of drug-likeness (QED) is 0.518. The second-order valence-electron chi connectivity index (χ2n) is 6.59. The Morgan fingerprint density at radius 3 is 2.42 bits per heavy atom. The monoisotopic (exact) mass is 486 g/mol. The number of nitrogens with one attached hydrogen (secondary N) is 1. The van der Waals surface area contributed by atoms with E-state index >= 15 is 0 Å². The van der Waals surface area contributed by atoms with Crippen molar-refractivity contribution in [2.75, 3.05) is 18.6 Å².